The van der Waals surface area contributed by atoms with Crippen molar-refractivity contribution in [2.24, 2.45) is 0 Å². The Morgan fingerprint density at radius 1 is 1.14 bits per heavy atom. The van der Waals surface area contributed by atoms with Gasteiger partial charge in [0.15, 0.2) is 14.6 Å². The van der Waals surface area contributed by atoms with Gasteiger partial charge in [0.2, 0.25) is 0 Å². The van der Waals surface area contributed by atoms with Gasteiger partial charge in [0, 0.05) is 0 Å². The van der Waals surface area contributed by atoms with Crippen molar-refractivity contribution in [3.05, 3.63) is 29.3 Å². The molecule has 1 aromatic rings. The Kier molecular flexibility index (Phi) is 5.56. The van der Waals surface area contributed by atoms with Crippen LogP contribution in [-0.2, 0) is 14.6 Å². The first-order valence-corrected chi connectivity index (χ1v) is 8.76. The lowest BCUT2D eigenvalue weighted by Crippen LogP contribution is -2.46. The molecule has 0 aliphatic rings. The summed E-state index contributed by atoms with van der Waals surface area (Å²) in [5.74, 6) is -1.24. The summed E-state index contributed by atoms with van der Waals surface area (Å²) >= 11 is 0. The van der Waals surface area contributed by atoms with E-state index in [9.17, 15) is 18.3 Å². The fourth-order valence-electron chi connectivity index (χ4n) is 2.74. The maximum atomic E-state index is 13.1. The fourth-order valence-corrected chi connectivity index (χ4v) is 5.17. The summed E-state index contributed by atoms with van der Waals surface area (Å²) in [7, 11) is -3.94. The molecule has 1 rings (SSSR count). The quantitative estimate of drug-likeness (QED) is 0.836. The Hall–Kier alpha value is -1.36. The van der Waals surface area contributed by atoms with Crippen LogP contribution < -0.4 is 0 Å². The molecule has 0 heterocycles. The SMILES string of the molecule is CCCC(CCC)(C(=O)O)S(=O)(=O)c1cc(C)ccc1C. The lowest BCUT2D eigenvalue weighted by Gasteiger charge is -2.29. The van der Waals surface area contributed by atoms with E-state index in [1.54, 1.807) is 26.0 Å². The first-order valence-electron chi connectivity index (χ1n) is 7.28. The highest BCUT2D eigenvalue weighted by Gasteiger charge is 2.50. The molecule has 0 spiro atoms. The lowest BCUT2D eigenvalue weighted by atomic mass is 9.97. The third kappa shape index (κ3) is 3.12. The molecule has 0 radical (unpaired) electrons. The topological polar surface area (TPSA) is 71.4 Å². The number of aliphatic carboxylic acids is 1. The minimum absolute atomic E-state index is 0.131. The Morgan fingerprint density at radius 2 is 1.67 bits per heavy atom. The molecular formula is C16H24O4S. The Bertz CT molecular complexity index is 611. The predicted octanol–water partition coefficient (Wildman–Crippen LogP) is 3.50. The van der Waals surface area contributed by atoms with Crippen molar-refractivity contribution in [3.8, 4) is 0 Å². The minimum Gasteiger partial charge on any atom is -0.480 e. The van der Waals surface area contributed by atoms with E-state index in [1.165, 1.54) is 0 Å². The van der Waals surface area contributed by atoms with Gasteiger partial charge in [-0.25, -0.2) is 8.42 Å². The fraction of sp³-hybridized carbons (Fsp3) is 0.562. The second-order valence-corrected chi connectivity index (χ2v) is 7.80. The third-order valence-corrected chi connectivity index (χ3v) is 6.48. The second kappa shape index (κ2) is 6.60. The minimum atomic E-state index is -3.94. The van der Waals surface area contributed by atoms with Crippen molar-refractivity contribution in [2.75, 3.05) is 0 Å². The smallest absolute Gasteiger partial charge is 0.325 e. The monoisotopic (exact) mass is 312 g/mol. The molecule has 0 aliphatic heterocycles. The Morgan fingerprint density at radius 3 is 2.10 bits per heavy atom. The van der Waals surface area contributed by atoms with Crippen LogP contribution in [0.2, 0.25) is 0 Å². The maximum Gasteiger partial charge on any atom is 0.325 e. The summed E-state index contributed by atoms with van der Waals surface area (Å²) in [6.07, 6.45) is 1.28. The molecule has 0 saturated carbocycles. The number of sulfone groups is 1. The summed E-state index contributed by atoms with van der Waals surface area (Å²) in [5, 5.41) is 9.66. The van der Waals surface area contributed by atoms with Crippen LogP contribution in [0.3, 0.4) is 0 Å². The zero-order chi connectivity index (χ0) is 16.3. The molecule has 4 nitrogen and oxygen atoms in total. The van der Waals surface area contributed by atoms with Crippen molar-refractivity contribution in [1.29, 1.82) is 0 Å². The van der Waals surface area contributed by atoms with E-state index in [4.69, 9.17) is 0 Å². The van der Waals surface area contributed by atoms with Crippen LogP contribution in [0.1, 0.15) is 50.7 Å². The van der Waals surface area contributed by atoms with Gasteiger partial charge in [0.05, 0.1) is 4.90 Å². The number of benzene rings is 1. The molecule has 1 aromatic carbocycles. The Labute approximate surface area is 127 Å². The van der Waals surface area contributed by atoms with E-state index >= 15 is 0 Å². The van der Waals surface area contributed by atoms with Gasteiger partial charge < -0.3 is 5.11 Å². The largest absolute Gasteiger partial charge is 0.480 e. The first kappa shape index (κ1) is 17.7. The average Bonchev–Trinajstić information content (AvgIpc) is 2.40. The highest BCUT2D eigenvalue weighted by Crippen LogP contribution is 2.36. The van der Waals surface area contributed by atoms with Gasteiger partial charge in [-0.2, -0.15) is 0 Å². The van der Waals surface area contributed by atoms with E-state index in [0.717, 1.165) is 5.56 Å². The standard InChI is InChI=1S/C16H24O4S/c1-5-9-16(10-6-2,15(17)18)21(19,20)14-11-12(3)7-8-13(14)4/h7-8,11H,5-6,9-10H2,1-4H3,(H,17,18). The maximum absolute atomic E-state index is 13.1. The molecule has 1 N–H and O–H groups in total. The number of aryl methyl sites for hydroxylation is 2. The van der Waals surface area contributed by atoms with Crippen LogP contribution in [0.25, 0.3) is 0 Å². The van der Waals surface area contributed by atoms with E-state index in [2.05, 4.69) is 0 Å². The lowest BCUT2D eigenvalue weighted by molar-refractivity contribution is -0.140. The molecular weight excluding hydrogens is 288 g/mol. The number of carbonyl (C=O) groups is 1. The molecule has 0 amide bonds. The van der Waals surface area contributed by atoms with E-state index in [1.807, 2.05) is 19.9 Å². The van der Waals surface area contributed by atoms with Gasteiger partial charge in [-0.05, 0) is 43.9 Å². The molecule has 0 atom stereocenters. The summed E-state index contributed by atoms with van der Waals surface area (Å²) in [6.45, 7) is 7.13. The molecule has 0 saturated heterocycles. The van der Waals surface area contributed by atoms with Gasteiger partial charge in [0.25, 0.3) is 0 Å². The second-order valence-electron chi connectivity index (χ2n) is 5.57. The van der Waals surface area contributed by atoms with E-state index in [-0.39, 0.29) is 17.7 Å². The average molecular weight is 312 g/mol. The van der Waals surface area contributed by atoms with Crippen molar-refractivity contribution in [1.82, 2.24) is 0 Å². The van der Waals surface area contributed by atoms with Gasteiger partial charge >= 0.3 is 5.97 Å². The zero-order valence-electron chi connectivity index (χ0n) is 13.1. The normalized spacial score (nSPS) is 12.4. The third-order valence-electron chi connectivity index (χ3n) is 3.85. The van der Waals surface area contributed by atoms with Crippen LogP contribution in [0.15, 0.2) is 23.1 Å². The van der Waals surface area contributed by atoms with Gasteiger partial charge in [0.1, 0.15) is 0 Å². The first-order chi connectivity index (χ1) is 9.72. The van der Waals surface area contributed by atoms with Crippen molar-refractivity contribution >= 4 is 15.8 Å². The summed E-state index contributed by atoms with van der Waals surface area (Å²) < 4.78 is 24.4. The predicted molar refractivity (Wildman–Crippen MR) is 83.3 cm³/mol. The number of hydrogen-bond acceptors (Lipinski definition) is 3. The number of rotatable bonds is 7. The molecule has 0 aromatic heterocycles. The molecule has 118 valence electrons. The van der Waals surface area contributed by atoms with Gasteiger partial charge in [-0.1, -0.05) is 38.8 Å². The van der Waals surface area contributed by atoms with Crippen molar-refractivity contribution < 1.29 is 18.3 Å². The number of hydrogen-bond donors (Lipinski definition) is 1. The molecule has 5 heteroatoms. The van der Waals surface area contributed by atoms with Crippen LogP contribution in [-0.4, -0.2) is 24.2 Å². The van der Waals surface area contributed by atoms with Crippen LogP contribution in [0, 0.1) is 13.8 Å². The van der Waals surface area contributed by atoms with Crippen molar-refractivity contribution in [2.45, 2.75) is 63.0 Å². The van der Waals surface area contributed by atoms with Crippen LogP contribution in [0.4, 0.5) is 0 Å². The van der Waals surface area contributed by atoms with Crippen LogP contribution in [0.5, 0.6) is 0 Å². The highest BCUT2D eigenvalue weighted by molar-refractivity contribution is 7.93. The van der Waals surface area contributed by atoms with E-state index in [0.29, 0.717) is 18.4 Å². The van der Waals surface area contributed by atoms with Gasteiger partial charge in [-0.3, -0.25) is 4.79 Å². The molecule has 0 bridgehead atoms. The molecule has 0 aliphatic carbocycles. The number of carboxylic acids is 1. The summed E-state index contributed by atoms with van der Waals surface area (Å²) in [4.78, 5) is 12.0. The highest BCUT2D eigenvalue weighted by atomic mass is 32.2. The molecule has 0 fully saturated rings. The summed E-state index contributed by atoms with van der Waals surface area (Å²) in [5.41, 5.74) is 1.41. The Balaban J connectivity index is 3.60. The summed E-state index contributed by atoms with van der Waals surface area (Å²) in [6, 6.07) is 5.14. The molecule has 0 unspecified atom stereocenters. The zero-order valence-corrected chi connectivity index (χ0v) is 14.0. The van der Waals surface area contributed by atoms with Crippen molar-refractivity contribution in [3.63, 3.8) is 0 Å². The molecule has 21 heavy (non-hydrogen) atoms. The van der Waals surface area contributed by atoms with Gasteiger partial charge in [-0.15, -0.1) is 0 Å². The van der Waals surface area contributed by atoms with Crippen LogP contribution >= 0.6 is 0 Å². The number of carboxylic acid groups (broad SMARTS) is 1. The van der Waals surface area contributed by atoms with E-state index < -0.39 is 20.6 Å².